The molecular weight excluding hydrogens is 320 g/mol. The monoisotopic (exact) mass is 358 g/mol. The molecule has 6 unspecified atom stereocenters. The zero-order valence-corrected chi connectivity index (χ0v) is 17.3. The number of hydrogen-bond acceptors (Lipinski definition) is 2. The normalized spacial score (nSPS) is 48.5. The van der Waals surface area contributed by atoms with Gasteiger partial charge in [-0.15, -0.1) is 0 Å². The van der Waals surface area contributed by atoms with Crippen molar-refractivity contribution in [3.8, 4) is 0 Å². The molecule has 2 heteroatoms. The van der Waals surface area contributed by atoms with E-state index in [2.05, 4.69) is 33.8 Å². The summed E-state index contributed by atoms with van der Waals surface area (Å²) in [5, 5.41) is 11.2. The number of carbonyl (C=O) groups is 1. The van der Waals surface area contributed by atoms with Crippen LogP contribution < -0.4 is 0 Å². The van der Waals surface area contributed by atoms with Crippen molar-refractivity contribution in [3.05, 3.63) is 11.6 Å². The van der Waals surface area contributed by atoms with Crippen molar-refractivity contribution in [1.82, 2.24) is 0 Å². The van der Waals surface area contributed by atoms with Gasteiger partial charge in [0.05, 0.1) is 5.60 Å². The van der Waals surface area contributed by atoms with Gasteiger partial charge in [-0.3, -0.25) is 4.79 Å². The van der Waals surface area contributed by atoms with E-state index in [1.54, 1.807) is 5.57 Å². The number of aliphatic hydroxyl groups is 1. The first-order chi connectivity index (χ1) is 12.2. The van der Waals surface area contributed by atoms with E-state index in [0.29, 0.717) is 29.5 Å². The summed E-state index contributed by atoms with van der Waals surface area (Å²) < 4.78 is 0. The molecule has 146 valence electrons. The molecule has 4 aliphatic carbocycles. The van der Waals surface area contributed by atoms with Crippen LogP contribution >= 0.6 is 0 Å². The van der Waals surface area contributed by atoms with Gasteiger partial charge in [0, 0.05) is 11.8 Å². The molecule has 0 amide bonds. The Morgan fingerprint density at radius 1 is 1.08 bits per heavy atom. The molecule has 26 heavy (non-hydrogen) atoms. The Morgan fingerprint density at radius 3 is 2.54 bits per heavy atom. The fourth-order valence-corrected chi connectivity index (χ4v) is 7.66. The molecule has 4 aliphatic rings. The van der Waals surface area contributed by atoms with Gasteiger partial charge in [0.25, 0.3) is 0 Å². The van der Waals surface area contributed by atoms with E-state index in [0.717, 1.165) is 51.4 Å². The third-order valence-corrected chi connectivity index (χ3v) is 9.01. The summed E-state index contributed by atoms with van der Waals surface area (Å²) in [5.41, 5.74) is 1.27. The van der Waals surface area contributed by atoms with Crippen LogP contribution in [0.3, 0.4) is 0 Å². The summed E-state index contributed by atoms with van der Waals surface area (Å²) in [6.45, 7) is 9.22. The molecule has 3 saturated carbocycles. The zero-order chi connectivity index (χ0) is 18.7. The van der Waals surface area contributed by atoms with Gasteiger partial charge >= 0.3 is 0 Å². The van der Waals surface area contributed by atoms with E-state index in [1.807, 2.05) is 0 Å². The van der Waals surface area contributed by atoms with Gasteiger partial charge in [0.1, 0.15) is 5.78 Å². The second kappa shape index (κ2) is 6.19. The molecule has 2 nitrogen and oxygen atoms in total. The van der Waals surface area contributed by atoms with Gasteiger partial charge in [-0.1, -0.05) is 39.3 Å². The fraction of sp³-hybridized carbons (Fsp3) is 0.875. The Balaban J connectivity index is 1.62. The highest BCUT2D eigenvalue weighted by molar-refractivity contribution is 5.87. The third kappa shape index (κ3) is 2.74. The predicted octanol–water partition coefficient (Wildman–Crippen LogP) is 5.69. The molecular formula is C24H38O2. The number of allylic oxidation sites excluding steroid dienone is 1. The van der Waals surface area contributed by atoms with Crippen LogP contribution in [-0.2, 0) is 4.79 Å². The second-order valence-electron chi connectivity index (χ2n) is 11.0. The number of fused-ring (bicyclic) bond motifs is 5. The highest BCUT2D eigenvalue weighted by atomic mass is 16.3. The van der Waals surface area contributed by atoms with Crippen molar-refractivity contribution >= 4 is 5.78 Å². The summed E-state index contributed by atoms with van der Waals surface area (Å²) >= 11 is 0. The maximum Gasteiger partial charge on any atom is 0.139 e. The minimum absolute atomic E-state index is 0.0327. The first-order valence-electron chi connectivity index (χ1n) is 11.1. The average Bonchev–Trinajstić information content (AvgIpc) is 2.77. The number of ketones is 1. The van der Waals surface area contributed by atoms with Crippen LogP contribution in [0.1, 0.15) is 91.9 Å². The summed E-state index contributed by atoms with van der Waals surface area (Å²) in [6.07, 6.45) is 13.0. The molecule has 0 aromatic heterocycles. The highest BCUT2D eigenvalue weighted by Gasteiger charge is 2.58. The smallest absolute Gasteiger partial charge is 0.139 e. The van der Waals surface area contributed by atoms with Crippen LogP contribution in [0.4, 0.5) is 0 Å². The molecule has 6 atom stereocenters. The molecule has 0 aromatic rings. The van der Waals surface area contributed by atoms with Crippen LogP contribution in [0.15, 0.2) is 11.6 Å². The number of rotatable bonds is 2. The fourth-order valence-electron chi connectivity index (χ4n) is 7.66. The lowest BCUT2D eigenvalue weighted by Gasteiger charge is -2.55. The van der Waals surface area contributed by atoms with E-state index in [4.69, 9.17) is 0 Å². The number of hydrogen-bond donors (Lipinski definition) is 1. The maximum absolute atomic E-state index is 12.6. The van der Waals surface area contributed by atoms with Crippen LogP contribution in [0.2, 0.25) is 0 Å². The molecule has 0 saturated heterocycles. The highest BCUT2D eigenvalue weighted by Crippen LogP contribution is 2.64. The number of carbonyl (C=O) groups excluding carboxylic acids is 1. The van der Waals surface area contributed by atoms with Gasteiger partial charge in [0.15, 0.2) is 0 Å². The van der Waals surface area contributed by atoms with Crippen molar-refractivity contribution in [1.29, 1.82) is 0 Å². The van der Waals surface area contributed by atoms with Crippen molar-refractivity contribution in [3.63, 3.8) is 0 Å². The van der Waals surface area contributed by atoms with Gasteiger partial charge in [-0.25, -0.2) is 0 Å². The van der Waals surface area contributed by atoms with Crippen molar-refractivity contribution in [2.75, 3.05) is 0 Å². The Bertz CT molecular complexity index is 620. The predicted molar refractivity (Wildman–Crippen MR) is 106 cm³/mol. The van der Waals surface area contributed by atoms with Gasteiger partial charge in [-0.2, -0.15) is 0 Å². The molecule has 1 N–H and O–H groups in total. The SMILES string of the molecule is CC(C)CC1(O)CCC2(C)C(=CCCC3C4CCC(=O)C4(C)CCC32)C1. The Hall–Kier alpha value is -0.630. The van der Waals surface area contributed by atoms with Crippen molar-refractivity contribution in [2.24, 2.45) is 34.5 Å². The lowest BCUT2D eigenvalue weighted by molar-refractivity contribution is -0.132. The van der Waals surface area contributed by atoms with E-state index >= 15 is 0 Å². The first-order valence-corrected chi connectivity index (χ1v) is 11.1. The minimum Gasteiger partial charge on any atom is -0.390 e. The van der Waals surface area contributed by atoms with Crippen LogP contribution in [-0.4, -0.2) is 16.5 Å². The minimum atomic E-state index is -0.494. The lowest BCUT2D eigenvalue weighted by atomic mass is 9.50. The molecule has 0 aromatic carbocycles. The maximum atomic E-state index is 12.6. The van der Waals surface area contributed by atoms with E-state index in [-0.39, 0.29) is 10.8 Å². The summed E-state index contributed by atoms with van der Waals surface area (Å²) in [4.78, 5) is 12.6. The average molecular weight is 359 g/mol. The molecule has 0 spiro atoms. The Morgan fingerprint density at radius 2 is 1.81 bits per heavy atom. The third-order valence-electron chi connectivity index (χ3n) is 9.01. The Labute approximate surface area is 159 Å². The van der Waals surface area contributed by atoms with E-state index in [9.17, 15) is 9.90 Å². The summed E-state index contributed by atoms with van der Waals surface area (Å²) in [7, 11) is 0. The topological polar surface area (TPSA) is 37.3 Å². The molecule has 4 rings (SSSR count). The molecule has 0 aliphatic heterocycles. The molecule has 3 fully saturated rings. The van der Waals surface area contributed by atoms with E-state index in [1.165, 1.54) is 12.8 Å². The molecule has 0 bridgehead atoms. The summed E-state index contributed by atoms with van der Waals surface area (Å²) in [6, 6.07) is 0. The van der Waals surface area contributed by atoms with Crippen molar-refractivity contribution < 1.29 is 9.90 Å². The summed E-state index contributed by atoms with van der Waals surface area (Å²) in [5.74, 6) is 3.11. The van der Waals surface area contributed by atoms with Gasteiger partial charge < -0.3 is 5.11 Å². The Kier molecular flexibility index (Phi) is 4.46. The molecule has 0 radical (unpaired) electrons. The molecule has 0 heterocycles. The van der Waals surface area contributed by atoms with Gasteiger partial charge in [-0.05, 0) is 86.9 Å². The number of Topliss-reactive ketones (excluding diaryl/α,β-unsaturated/α-hetero) is 1. The standard InChI is InChI=1S/C24H38O2/c1-16(2)14-24(26)13-12-22(3)17(15-24)6-5-7-18-19-8-9-21(25)23(19,4)11-10-20(18)22/h6,16,18-20,26H,5,7-15H2,1-4H3. The first kappa shape index (κ1) is 18.7. The van der Waals surface area contributed by atoms with Crippen LogP contribution in [0.5, 0.6) is 0 Å². The lowest BCUT2D eigenvalue weighted by Crippen LogP contribution is -2.50. The van der Waals surface area contributed by atoms with E-state index < -0.39 is 5.60 Å². The van der Waals surface area contributed by atoms with Crippen LogP contribution in [0, 0.1) is 34.5 Å². The van der Waals surface area contributed by atoms with Gasteiger partial charge in [0.2, 0.25) is 0 Å². The second-order valence-corrected chi connectivity index (χ2v) is 11.0. The zero-order valence-electron chi connectivity index (χ0n) is 17.3. The van der Waals surface area contributed by atoms with Crippen LogP contribution in [0.25, 0.3) is 0 Å². The largest absolute Gasteiger partial charge is 0.390 e. The quantitative estimate of drug-likeness (QED) is 0.644. The van der Waals surface area contributed by atoms with Crippen molar-refractivity contribution in [2.45, 2.75) is 97.5 Å².